The summed E-state index contributed by atoms with van der Waals surface area (Å²) >= 11 is 1.57. The highest BCUT2D eigenvalue weighted by Crippen LogP contribution is 2.34. The van der Waals surface area contributed by atoms with Crippen molar-refractivity contribution in [2.45, 2.75) is 89.5 Å². The molecule has 1 saturated heterocycles. The number of carbonyl (C=O) groups is 3. The molecule has 2 amide bonds. The van der Waals surface area contributed by atoms with Crippen LogP contribution in [0.25, 0.3) is 0 Å². The second-order valence-corrected chi connectivity index (χ2v) is 10.5. The Balaban J connectivity index is -0.00000114. The lowest BCUT2D eigenvalue weighted by Gasteiger charge is -2.30. The molecular weight excluding hydrogens is 538 g/mol. The van der Waals surface area contributed by atoms with E-state index in [1.165, 1.54) is 25.5 Å². The van der Waals surface area contributed by atoms with E-state index in [0.29, 0.717) is 31.2 Å². The van der Waals surface area contributed by atoms with E-state index in [0.717, 1.165) is 48.0 Å². The van der Waals surface area contributed by atoms with E-state index in [1.54, 1.807) is 11.8 Å². The number of amides is 2. The molecule has 1 aliphatic heterocycles. The molecule has 10 heteroatoms. The topological polar surface area (TPSA) is 177 Å². The first-order valence-electron chi connectivity index (χ1n) is 14.2. The molecule has 0 spiro atoms. The van der Waals surface area contributed by atoms with E-state index in [4.69, 9.17) is 25.8 Å². The second-order valence-electron chi connectivity index (χ2n) is 9.30. The van der Waals surface area contributed by atoms with Gasteiger partial charge >= 0.3 is 0 Å². The van der Waals surface area contributed by atoms with Crippen LogP contribution in [0.1, 0.15) is 84.1 Å². The fourth-order valence-corrected chi connectivity index (χ4v) is 4.46. The predicted molar refractivity (Wildman–Crippen MR) is 176 cm³/mol. The van der Waals surface area contributed by atoms with Crippen LogP contribution in [0.5, 0.6) is 0 Å². The Hall–Kier alpha value is -2.66. The number of hydrogen-bond acceptors (Lipinski definition) is 8. The molecule has 0 bridgehead atoms. The highest BCUT2D eigenvalue weighted by Gasteiger charge is 2.24. The third-order valence-corrected chi connectivity index (χ3v) is 7.03. The maximum absolute atomic E-state index is 12.6. The van der Waals surface area contributed by atoms with Crippen molar-refractivity contribution >= 4 is 36.6 Å². The summed E-state index contributed by atoms with van der Waals surface area (Å²) in [4.78, 5) is 31.2. The summed E-state index contributed by atoms with van der Waals surface area (Å²) in [6.07, 6.45) is 10.7. The largest absolute Gasteiger partial charge is 0.398 e. The zero-order chi connectivity index (χ0) is 32.1. The molecule has 0 saturated carbocycles. The summed E-state index contributed by atoms with van der Waals surface area (Å²) in [5.74, 6) is 0.957. The Bertz CT molecular complexity index is 829. The van der Waals surface area contributed by atoms with Crippen molar-refractivity contribution in [2.24, 2.45) is 23.1 Å². The molecule has 1 unspecified atom stereocenters. The molecule has 9 N–H and O–H groups in total. The fourth-order valence-electron chi connectivity index (χ4n) is 3.56. The van der Waals surface area contributed by atoms with Gasteiger partial charge in [0, 0.05) is 42.8 Å². The minimum Gasteiger partial charge on any atom is -0.398 e. The van der Waals surface area contributed by atoms with Crippen molar-refractivity contribution in [3.05, 3.63) is 47.4 Å². The van der Waals surface area contributed by atoms with Crippen molar-refractivity contribution in [2.75, 3.05) is 32.5 Å². The molecule has 1 atom stereocenters. The van der Waals surface area contributed by atoms with Gasteiger partial charge in [0.15, 0.2) is 0 Å². The van der Waals surface area contributed by atoms with Crippen molar-refractivity contribution in [3.8, 4) is 0 Å². The van der Waals surface area contributed by atoms with Gasteiger partial charge in [0.2, 0.25) is 12.3 Å². The van der Waals surface area contributed by atoms with E-state index in [-0.39, 0.29) is 18.4 Å². The Labute approximate surface area is 253 Å². The van der Waals surface area contributed by atoms with Gasteiger partial charge in [0.1, 0.15) is 6.79 Å². The van der Waals surface area contributed by atoms with Crippen LogP contribution in [0.15, 0.2) is 46.7 Å². The SMILES string of the molecule is C=C(CCC(=O)NC(C/C=C/CN)C1CCOCC1)Sc1cc(C(C)C)ccc1N.C=O.CCCC.CN.NC=O. The van der Waals surface area contributed by atoms with E-state index in [1.807, 2.05) is 18.9 Å². The van der Waals surface area contributed by atoms with Gasteiger partial charge in [-0.25, -0.2) is 0 Å². The van der Waals surface area contributed by atoms with E-state index in [9.17, 15) is 4.79 Å². The van der Waals surface area contributed by atoms with Crippen molar-refractivity contribution in [1.29, 1.82) is 0 Å². The van der Waals surface area contributed by atoms with Crippen LogP contribution in [0.4, 0.5) is 5.69 Å². The molecule has 41 heavy (non-hydrogen) atoms. The number of nitrogen functional groups attached to an aromatic ring is 1. The van der Waals surface area contributed by atoms with Crippen LogP contribution in [0.3, 0.4) is 0 Å². The number of allylic oxidation sites excluding steroid dienone is 1. The number of hydrogen-bond donors (Lipinski definition) is 5. The molecule has 1 fully saturated rings. The minimum absolute atomic E-state index is 0.0679. The maximum atomic E-state index is 12.6. The molecule has 9 nitrogen and oxygen atoms in total. The molecule has 1 aliphatic rings. The van der Waals surface area contributed by atoms with E-state index < -0.39 is 0 Å². The first-order chi connectivity index (χ1) is 19.7. The van der Waals surface area contributed by atoms with Gasteiger partial charge in [0.05, 0.1) is 0 Å². The smallest absolute Gasteiger partial charge is 0.220 e. The maximum Gasteiger partial charge on any atom is 0.220 e. The number of unbranched alkanes of at least 4 members (excludes halogenated alkanes) is 1. The summed E-state index contributed by atoms with van der Waals surface area (Å²) < 4.78 is 5.47. The molecule has 1 aromatic carbocycles. The summed E-state index contributed by atoms with van der Waals surface area (Å²) in [6.45, 7) is 16.9. The quantitative estimate of drug-likeness (QED) is 0.0981. The lowest BCUT2D eigenvalue weighted by atomic mass is 9.89. The minimum atomic E-state index is 0.0679. The number of anilines is 1. The molecular formula is C31H57N5O4S. The Kier molecular flexibility index (Phi) is 31.6. The van der Waals surface area contributed by atoms with Crippen molar-refractivity contribution in [1.82, 2.24) is 5.32 Å². The molecule has 0 aromatic heterocycles. The molecule has 2 rings (SSSR count). The number of carbonyl (C=O) groups excluding carboxylic acids is 3. The normalized spacial score (nSPS) is 13.1. The average molecular weight is 596 g/mol. The summed E-state index contributed by atoms with van der Waals surface area (Å²) in [6, 6.07) is 6.27. The zero-order valence-electron chi connectivity index (χ0n) is 26.0. The summed E-state index contributed by atoms with van der Waals surface area (Å²) in [5, 5.41) is 3.24. The monoisotopic (exact) mass is 595 g/mol. The number of nitrogens with one attached hydrogen (secondary N) is 1. The second kappa shape index (κ2) is 30.3. The van der Waals surface area contributed by atoms with Crippen molar-refractivity contribution in [3.63, 3.8) is 0 Å². The Morgan fingerprint density at radius 2 is 1.68 bits per heavy atom. The van der Waals surface area contributed by atoms with Gasteiger partial charge < -0.3 is 37.8 Å². The Morgan fingerprint density at radius 3 is 2.17 bits per heavy atom. The van der Waals surface area contributed by atoms with Crippen LogP contribution in [0.2, 0.25) is 0 Å². The van der Waals surface area contributed by atoms with Crippen molar-refractivity contribution < 1.29 is 19.1 Å². The molecule has 1 heterocycles. The van der Waals surface area contributed by atoms with Gasteiger partial charge in [-0.15, -0.1) is 0 Å². The molecule has 1 aromatic rings. The first-order valence-corrected chi connectivity index (χ1v) is 15.0. The number of thioether (sulfide) groups is 1. The number of benzene rings is 1. The summed E-state index contributed by atoms with van der Waals surface area (Å²) in [5.41, 5.74) is 22.4. The van der Waals surface area contributed by atoms with Gasteiger partial charge in [-0.2, -0.15) is 0 Å². The fraction of sp³-hybridized carbons (Fsp3) is 0.581. The third-order valence-electron chi connectivity index (χ3n) is 5.96. The summed E-state index contributed by atoms with van der Waals surface area (Å²) in [7, 11) is 1.50. The van der Waals surface area contributed by atoms with Gasteiger partial charge in [0.25, 0.3) is 0 Å². The Morgan fingerprint density at radius 1 is 1.12 bits per heavy atom. The predicted octanol–water partition coefficient (Wildman–Crippen LogP) is 4.89. The molecule has 0 radical (unpaired) electrons. The van der Waals surface area contributed by atoms with E-state index >= 15 is 0 Å². The van der Waals surface area contributed by atoms with Crippen LogP contribution in [0, 0.1) is 5.92 Å². The number of ether oxygens (including phenoxy) is 1. The van der Waals surface area contributed by atoms with Gasteiger partial charge in [-0.05, 0) is 67.2 Å². The lowest BCUT2D eigenvalue weighted by molar-refractivity contribution is -0.122. The highest BCUT2D eigenvalue weighted by atomic mass is 32.2. The number of rotatable bonds is 12. The van der Waals surface area contributed by atoms with Crippen LogP contribution in [-0.2, 0) is 19.1 Å². The average Bonchev–Trinajstić information content (AvgIpc) is 2.99. The first kappa shape index (κ1) is 42.8. The highest BCUT2D eigenvalue weighted by molar-refractivity contribution is 8.03. The molecule has 236 valence electrons. The number of primary amides is 1. The standard InChI is InChI=1S/C24H37N3O2S.C4H10.CH3NO.CH5N.CH2O/c1-17(2)20-8-9-21(26)23(16-20)30-18(3)7-10-24(28)27-22(6-4-5-13-25)19-11-14-29-15-12-19;1-3-4-2;2-1-3;2*1-2/h4-5,8-9,16-17,19,22H,3,6-7,10-15,25-26H2,1-2H3,(H,27,28);3-4H2,1-2H3;1H,(H2,2,3);2H2,1H3;1H2/b5-4+;;;;. The van der Waals surface area contributed by atoms with Crippen LogP contribution < -0.4 is 28.3 Å². The van der Waals surface area contributed by atoms with Gasteiger partial charge in [-0.1, -0.05) is 77.1 Å². The zero-order valence-corrected chi connectivity index (χ0v) is 26.8. The third kappa shape index (κ3) is 22.7. The van der Waals surface area contributed by atoms with Crippen LogP contribution in [-0.4, -0.2) is 52.0 Å². The molecule has 0 aliphatic carbocycles. The van der Waals surface area contributed by atoms with Gasteiger partial charge in [-0.3, -0.25) is 9.59 Å². The van der Waals surface area contributed by atoms with Crippen LogP contribution >= 0.6 is 11.8 Å². The lowest BCUT2D eigenvalue weighted by Crippen LogP contribution is -2.42. The van der Waals surface area contributed by atoms with E-state index in [2.05, 4.69) is 69.3 Å². The number of nitrogens with two attached hydrogens (primary N) is 4.